The highest BCUT2D eigenvalue weighted by atomic mass is 19.2. The Balaban J connectivity index is 0.000000263. The summed E-state index contributed by atoms with van der Waals surface area (Å²) in [5.41, 5.74) is 1.64. The minimum Gasteiger partial charge on any atom is -0.207 e. The summed E-state index contributed by atoms with van der Waals surface area (Å²) in [6.07, 6.45) is 0. The number of hydrogen-bond donors (Lipinski definition) is 0. The van der Waals surface area contributed by atoms with Crippen molar-refractivity contribution in [3.63, 3.8) is 0 Å². The highest BCUT2D eigenvalue weighted by Crippen LogP contribution is 2.09. The first kappa shape index (κ1) is 35.5. The second-order valence-corrected chi connectivity index (χ2v) is 8.39. The van der Waals surface area contributed by atoms with E-state index in [9.17, 15) is 39.5 Å². The maximum atomic E-state index is 12.3. The Labute approximate surface area is 238 Å². The molecule has 0 radical (unpaired) electrons. The quantitative estimate of drug-likeness (QED) is 0.157. The van der Waals surface area contributed by atoms with Crippen LogP contribution in [0.25, 0.3) is 0 Å². The van der Waals surface area contributed by atoms with Gasteiger partial charge in [0.15, 0.2) is 11.6 Å². The molecule has 0 saturated heterocycles. The average Bonchev–Trinajstić information content (AvgIpc) is 2.94. The zero-order valence-corrected chi connectivity index (χ0v) is 22.8. The molecular weight excluding hydrogens is 567 g/mol. The molecule has 0 fully saturated rings. The van der Waals surface area contributed by atoms with Crippen LogP contribution in [0.2, 0.25) is 0 Å². The van der Waals surface area contributed by atoms with E-state index in [-0.39, 0.29) is 11.4 Å². The van der Waals surface area contributed by atoms with E-state index in [2.05, 4.69) is 0 Å². The van der Waals surface area contributed by atoms with Gasteiger partial charge in [0.05, 0.1) is 0 Å². The van der Waals surface area contributed by atoms with Gasteiger partial charge in [-0.3, -0.25) is 0 Å². The predicted molar refractivity (Wildman–Crippen MR) is 146 cm³/mol. The van der Waals surface area contributed by atoms with Gasteiger partial charge in [0.1, 0.15) is 40.7 Å². The lowest BCUT2D eigenvalue weighted by Crippen LogP contribution is -1.85. The second kappa shape index (κ2) is 18.7. The van der Waals surface area contributed by atoms with Crippen molar-refractivity contribution in [1.29, 1.82) is 0 Å². The molecule has 222 valence electrons. The lowest BCUT2D eigenvalue weighted by molar-refractivity contribution is 0.508. The molecule has 0 aliphatic heterocycles. The highest BCUT2D eigenvalue weighted by molar-refractivity contribution is 5.17. The van der Waals surface area contributed by atoms with E-state index in [1.54, 1.807) is 19.1 Å². The summed E-state index contributed by atoms with van der Waals surface area (Å²) >= 11 is 0. The predicted octanol–water partition coefficient (Wildman–Crippen LogP) is 10.6. The third kappa shape index (κ3) is 14.7. The summed E-state index contributed by atoms with van der Waals surface area (Å²) in [7, 11) is 0. The van der Waals surface area contributed by atoms with E-state index in [1.807, 2.05) is 6.92 Å². The van der Waals surface area contributed by atoms with Crippen molar-refractivity contribution < 1.29 is 39.5 Å². The Hall–Kier alpha value is -4.53. The minimum atomic E-state index is -0.799. The van der Waals surface area contributed by atoms with E-state index in [1.165, 1.54) is 79.7 Å². The average molecular weight is 595 g/mol. The zero-order valence-electron chi connectivity index (χ0n) is 22.8. The van der Waals surface area contributed by atoms with Crippen molar-refractivity contribution in [2.45, 2.75) is 20.8 Å². The fourth-order valence-electron chi connectivity index (χ4n) is 2.58. The number of hydrogen-bond acceptors (Lipinski definition) is 0. The number of rotatable bonds is 0. The third-order valence-electron chi connectivity index (χ3n) is 4.96. The molecule has 0 atom stereocenters. The first-order valence-electron chi connectivity index (χ1n) is 12.2. The van der Waals surface area contributed by atoms with Crippen molar-refractivity contribution in [3.05, 3.63) is 178 Å². The number of halogens is 9. The van der Waals surface area contributed by atoms with E-state index in [4.69, 9.17) is 0 Å². The van der Waals surface area contributed by atoms with Crippen LogP contribution in [0.4, 0.5) is 39.5 Å². The summed E-state index contributed by atoms with van der Waals surface area (Å²) in [4.78, 5) is 0. The number of benzene rings is 5. The fourth-order valence-corrected chi connectivity index (χ4v) is 2.58. The summed E-state index contributed by atoms with van der Waals surface area (Å²) in [6.45, 7) is 4.93. The van der Waals surface area contributed by atoms with E-state index >= 15 is 0 Å². The Morgan fingerprint density at radius 1 is 0.333 bits per heavy atom. The molecule has 0 aliphatic rings. The van der Waals surface area contributed by atoms with Crippen LogP contribution < -0.4 is 0 Å². The molecule has 0 spiro atoms. The first-order valence-corrected chi connectivity index (χ1v) is 12.2. The van der Waals surface area contributed by atoms with Crippen molar-refractivity contribution in [3.8, 4) is 0 Å². The maximum Gasteiger partial charge on any atom is 0.158 e. The standard InChI is InChI=1S/2C7H6F2.C7H7F.2C6H4F2/c1-5-2-3-6(8)4-7(5)9;1-5-6(8)3-2-4-7(5)9;1-6-2-4-7(8)5-3-6;7-5-2-1-3-6(8)4-5;7-5-3-1-2-4-6(5)8/h2*2-4H,1H3;2-5H,1H3;2*1-4H. The van der Waals surface area contributed by atoms with E-state index in [0.717, 1.165) is 29.8 Å². The van der Waals surface area contributed by atoms with Gasteiger partial charge in [-0.1, -0.05) is 48.0 Å². The largest absolute Gasteiger partial charge is 0.207 e. The fraction of sp³-hybridized carbons (Fsp3) is 0.0909. The molecule has 5 rings (SSSR count). The second-order valence-electron chi connectivity index (χ2n) is 8.39. The van der Waals surface area contributed by atoms with Gasteiger partial charge in [-0.05, 0) is 80.9 Å². The minimum absolute atomic E-state index is 0.0810. The van der Waals surface area contributed by atoms with Crippen LogP contribution >= 0.6 is 0 Å². The van der Waals surface area contributed by atoms with Gasteiger partial charge in [0, 0.05) is 17.7 Å². The monoisotopic (exact) mass is 594 g/mol. The molecule has 0 bridgehead atoms. The van der Waals surface area contributed by atoms with Crippen LogP contribution in [0.5, 0.6) is 0 Å². The van der Waals surface area contributed by atoms with Crippen LogP contribution in [-0.4, -0.2) is 0 Å². The van der Waals surface area contributed by atoms with Crippen molar-refractivity contribution in [1.82, 2.24) is 0 Å². The SMILES string of the molecule is Cc1c(F)cccc1F.Cc1ccc(F)cc1.Cc1ccc(F)cc1F.Fc1cccc(F)c1.Fc1ccccc1F. The summed E-state index contributed by atoms with van der Waals surface area (Å²) in [6, 6.07) is 23.3. The molecule has 0 nitrogen and oxygen atoms in total. The lowest BCUT2D eigenvalue weighted by atomic mass is 10.2. The van der Waals surface area contributed by atoms with Crippen LogP contribution in [0.15, 0.2) is 109 Å². The van der Waals surface area contributed by atoms with Crippen LogP contribution in [-0.2, 0) is 0 Å². The molecule has 0 aromatic heterocycles. The molecule has 0 aliphatic carbocycles. The molecule has 9 heteroatoms. The Bertz CT molecular complexity index is 1420. The molecule has 0 heterocycles. The smallest absolute Gasteiger partial charge is 0.158 e. The molecule has 0 saturated carbocycles. The molecule has 0 amide bonds. The van der Waals surface area contributed by atoms with Gasteiger partial charge in [-0.25, -0.2) is 39.5 Å². The van der Waals surface area contributed by atoms with Gasteiger partial charge in [-0.15, -0.1) is 0 Å². The third-order valence-corrected chi connectivity index (χ3v) is 4.96. The topological polar surface area (TPSA) is 0 Å². The van der Waals surface area contributed by atoms with Crippen LogP contribution in [0.3, 0.4) is 0 Å². The lowest BCUT2D eigenvalue weighted by Gasteiger charge is -1.94. The molecular formula is C33H27F9. The van der Waals surface area contributed by atoms with Gasteiger partial charge < -0.3 is 0 Å². The molecule has 42 heavy (non-hydrogen) atoms. The molecule has 5 aromatic carbocycles. The Morgan fingerprint density at radius 3 is 1.07 bits per heavy atom. The van der Waals surface area contributed by atoms with Crippen molar-refractivity contribution in [2.75, 3.05) is 0 Å². The van der Waals surface area contributed by atoms with Crippen molar-refractivity contribution >= 4 is 0 Å². The van der Waals surface area contributed by atoms with Gasteiger partial charge >= 0.3 is 0 Å². The Kier molecular flexibility index (Phi) is 15.8. The summed E-state index contributed by atoms with van der Waals surface area (Å²) < 4.78 is 109. The maximum absolute atomic E-state index is 12.3. The van der Waals surface area contributed by atoms with E-state index < -0.39 is 46.5 Å². The van der Waals surface area contributed by atoms with Gasteiger partial charge in [0.25, 0.3) is 0 Å². The molecule has 0 unspecified atom stereocenters. The van der Waals surface area contributed by atoms with Crippen LogP contribution in [0, 0.1) is 73.1 Å². The van der Waals surface area contributed by atoms with Crippen molar-refractivity contribution in [2.24, 2.45) is 0 Å². The summed E-state index contributed by atoms with van der Waals surface area (Å²) in [5, 5.41) is 0. The first-order chi connectivity index (χ1) is 19.8. The molecule has 5 aromatic rings. The zero-order chi connectivity index (χ0) is 31.7. The normalized spacial score (nSPS) is 9.43. The number of aryl methyl sites for hydroxylation is 2. The van der Waals surface area contributed by atoms with Gasteiger partial charge in [-0.2, -0.15) is 0 Å². The highest BCUT2D eigenvalue weighted by Gasteiger charge is 1.99. The van der Waals surface area contributed by atoms with Gasteiger partial charge in [0.2, 0.25) is 0 Å². The van der Waals surface area contributed by atoms with Crippen LogP contribution in [0.1, 0.15) is 16.7 Å². The Morgan fingerprint density at radius 2 is 0.738 bits per heavy atom. The molecule has 0 N–H and O–H groups in total. The summed E-state index contributed by atoms with van der Waals surface area (Å²) in [5.74, 6) is -4.84. The van der Waals surface area contributed by atoms with E-state index in [0.29, 0.717) is 5.56 Å².